The Morgan fingerprint density at radius 2 is 2.00 bits per heavy atom. The van der Waals surface area contributed by atoms with E-state index < -0.39 is 21.6 Å². The van der Waals surface area contributed by atoms with E-state index in [1.807, 2.05) is 0 Å². The average molecular weight is 252 g/mol. The van der Waals surface area contributed by atoms with Crippen LogP contribution in [0.15, 0.2) is 34.1 Å². The largest absolute Gasteiger partial charge is 0.478 e. The van der Waals surface area contributed by atoms with Gasteiger partial charge in [-0.05, 0) is 25.1 Å². The predicted molar refractivity (Wildman–Crippen MR) is 58.7 cm³/mol. The summed E-state index contributed by atoms with van der Waals surface area (Å²) in [6.45, 7) is 1.45. The summed E-state index contributed by atoms with van der Waals surface area (Å²) in [6, 6.07) is 3.42. The van der Waals surface area contributed by atoms with Crippen LogP contribution in [0, 0.1) is 0 Å². The molecule has 0 bridgehead atoms. The van der Waals surface area contributed by atoms with E-state index in [2.05, 4.69) is 0 Å². The number of carboxylic acids is 1. The van der Waals surface area contributed by atoms with E-state index in [1.54, 1.807) is 0 Å². The summed E-state index contributed by atoms with van der Waals surface area (Å²) in [5.74, 6) is -1.85. The first-order chi connectivity index (χ1) is 7.89. The monoisotopic (exact) mass is 252 g/mol. The summed E-state index contributed by atoms with van der Waals surface area (Å²) < 4.78 is 23.7. The minimum Gasteiger partial charge on any atom is -0.478 e. The Morgan fingerprint density at radius 3 is 2.53 bits per heavy atom. The van der Waals surface area contributed by atoms with Gasteiger partial charge in [-0.1, -0.05) is 6.08 Å². The number of benzene rings is 1. The number of carbonyl (C=O) groups excluding carboxylic acids is 1. The zero-order chi connectivity index (χ0) is 12.8. The van der Waals surface area contributed by atoms with Crippen LogP contribution >= 0.6 is 0 Å². The lowest BCUT2D eigenvalue weighted by Crippen LogP contribution is -2.01. The van der Waals surface area contributed by atoms with Crippen molar-refractivity contribution < 1.29 is 23.1 Å². The van der Waals surface area contributed by atoms with Crippen LogP contribution < -0.4 is 0 Å². The second-order valence-corrected chi connectivity index (χ2v) is 5.39. The summed E-state index contributed by atoms with van der Waals surface area (Å²) in [6.07, 6.45) is 1.22. The first-order valence-electron chi connectivity index (χ1n) is 4.73. The molecule has 5 nitrogen and oxygen atoms in total. The van der Waals surface area contributed by atoms with Gasteiger partial charge in [0.1, 0.15) is 4.91 Å². The van der Waals surface area contributed by atoms with E-state index >= 15 is 0 Å². The molecule has 2 rings (SSSR count). The van der Waals surface area contributed by atoms with Gasteiger partial charge in [0, 0.05) is 5.56 Å². The minimum absolute atomic E-state index is 0.0713. The van der Waals surface area contributed by atoms with Gasteiger partial charge in [0.15, 0.2) is 0 Å². The average Bonchev–Trinajstić information content (AvgIpc) is 2.46. The molecule has 0 fully saturated rings. The number of allylic oxidation sites excluding steroid dienone is 2. The van der Waals surface area contributed by atoms with Gasteiger partial charge in [-0.25, -0.2) is 13.2 Å². The number of hydrogen-bond acceptors (Lipinski definition) is 4. The maximum atomic E-state index is 11.9. The molecule has 1 N–H and O–H groups in total. The highest BCUT2D eigenvalue weighted by atomic mass is 32.2. The number of aromatic carboxylic acids is 1. The molecule has 0 saturated carbocycles. The zero-order valence-corrected chi connectivity index (χ0v) is 9.61. The lowest BCUT2D eigenvalue weighted by Gasteiger charge is -1.97. The molecule has 88 valence electrons. The van der Waals surface area contributed by atoms with Crippen LogP contribution in [0.2, 0.25) is 0 Å². The molecule has 1 aromatic carbocycles. The highest BCUT2D eigenvalue weighted by Crippen LogP contribution is 2.34. The first kappa shape index (κ1) is 11.5. The summed E-state index contributed by atoms with van der Waals surface area (Å²) >= 11 is 0. The molecule has 6 heteroatoms. The highest BCUT2D eigenvalue weighted by molar-refractivity contribution is 7.97. The molecule has 0 atom stereocenters. The molecule has 0 spiro atoms. The van der Waals surface area contributed by atoms with Crippen LogP contribution in [0.4, 0.5) is 0 Å². The van der Waals surface area contributed by atoms with E-state index in [4.69, 9.17) is 5.11 Å². The van der Waals surface area contributed by atoms with Crippen molar-refractivity contribution in [1.82, 2.24) is 0 Å². The number of carboxylic acid groups (broad SMARTS) is 1. The van der Waals surface area contributed by atoms with E-state index in [-0.39, 0.29) is 20.9 Å². The SMILES string of the molecule is CC=C1C(=O)c2cc(C(=O)O)ccc2S1(=O)=O. The van der Waals surface area contributed by atoms with Crippen molar-refractivity contribution in [3.8, 4) is 0 Å². The van der Waals surface area contributed by atoms with Gasteiger partial charge in [0.2, 0.25) is 15.6 Å². The molecule has 0 amide bonds. The molecule has 0 unspecified atom stereocenters. The van der Waals surface area contributed by atoms with Crippen molar-refractivity contribution in [2.24, 2.45) is 0 Å². The summed E-state index contributed by atoms with van der Waals surface area (Å²) in [5.41, 5.74) is -0.178. The molecule has 1 aliphatic rings. The molecular weight excluding hydrogens is 244 g/mol. The highest BCUT2D eigenvalue weighted by Gasteiger charge is 2.38. The van der Waals surface area contributed by atoms with E-state index in [0.29, 0.717) is 0 Å². The van der Waals surface area contributed by atoms with Crippen molar-refractivity contribution in [3.05, 3.63) is 40.3 Å². The Bertz CT molecular complexity index is 667. The fraction of sp³-hybridized carbons (Fsp3) is 0.0909. The van der Waals surface area contributed by atoms with Gasteiger partial charge >= 0.3 is 5.97 Å². The van der Waals surface area contributed by atoms with Crippen molar-refractivity contribution >= 4 is 21.6 Å². The molecule has 0 saturated heterocycles. The summed E-state index contributed by atoms with van der Waals surface area (Å²) in [4.78, 5) is 22.1. The van der Waals surface area contributed by atoms with E-state index in [1.165, 1.54) is 19.1 Å². The molecule has 1 aromatic rings. The number of carbonyl (C=O) groups is 2. The van der Waals surface area contributed by atoms with E-state index in [0.717, 1.165) is 12.1 Å². The van der Waals surface area contributed by atoms with Crippen molar-refractivity contribution in [2.75, 3.05) is 0 Å². The Morgan fingerprint density at radius 1 is 1.35 bits per heavy atom. The number of Topliss-reactive ketones (excluding diaryl/α,β-unsaturated/α-hetero) is 1. The molecular formula is C11H8O5S. The van der Waals surface area contributed by atoms with Crippen LogP contribution in [-0.2, 0) is 9.84 Å². The third-order valence-electron chi connectivity index (χ3n) is 2.54. The quantitative estimate of drug-likeness (QED) is 0.760. The van der Waals surface area contributed by atoms with Crippen LogP contribution in [0.5, 0.6) is 0 Å². The molecule has 0 radical (unpaired) electrons. The molecule has 0 aromatic heterocycles. The second-order valence-electron chi connectivity index (χ2n) is 3.50. The molecule has 1 aliphatic heterocycles. The van der Waals surface area contributed by atoms with Crippen LogP contribution in [-0.4, -0.2) is 25.3 Å². The molecule has 0 aliphatic carbocycles. The fourth-order valence-corrected chi connectivity index (χ4v) is 3.32. The Hall–Kier alpha value is -1.95. The third kappa shape index (κ3) is 1.49. The van der Waals surface area contributed by atoms with Gasteiger partial charge in [-0.15, -0.1) is 0 Å². The molecule has 1 heterocycles. The predicted octanol–water partition coefficient (Wildman–Crippen LogP) is 1.26. The van der Waals surface area contributed by atoms with Gasteiger partial charge in [0.05, 0.1) is 10.5 Å². The van der Waals surface area contributed by atoms with Crippen molar-refractivity contribution in [3.63, 3.8) is 0 Å². The van der Waals surface area contributed by atoms with Crippen LogP contribution in [0.25, 0.3) is 0 Å². The number of fused-ring (bicyclic) bond motifs is 1. The minimum atomic E-state index is -3.77. The van der Waals surface area contributed by atoms with Gasteiger partial charge in [-0.2, -0.15) is 0 Å². The fourth-order valence-electron chi connectivity index (χ4n) is 1.73. The Labute approximate surface area is 97.3 Å². The van der Waals surface area contributed by atoms with Gasteiger partial charge < -0.3 is 5.11 Å². The number of sulfone groups is 1. The van der Waals surface area contributed by atoms with Crippen molar-refractivity contribution in [1.29, 1.82) is 0 Å². The standard InChI is InChI=1S/C11H8O5S/c1-2-8-10(12)7-5-6(11(13)14)3-4-9(7)17(8,15)16/h2-5H,1H3,(H,13,14). The number of ketones is 1. The van der Waals surface area contributed by atoms with Crippen molar-refractivity contribution in [2.45, 2.75) is 11.8 Å². The van der Waals surface area contributed by atoms with Crippen LogP contribution in [0.1, 0.15) is 27.6 Å². The maximum Gasteiger partial charge on any atom is 0.335 e. The maximum absolute atomic E-state index is 11.9. The number of rotatable bonds is 1. The smallest absolute Gasteiger partial charge is 0.335 e. The normalized spacial score (nSPS) is 19.4. The summed E-state index contributed by atoms with van der Waals surface area (Å²) in [7, 11) is -3.77. The third-order valence-corrected chi connectivity index (χ3v) is 4.47. The zero-order valence-electron chi connectivity index (χ0n) is 8.80. The van der Waals surface area contributed by atoms with Crippen LogP contribution in [0.3, 0.4) is 0 Å². The summed E-state index contributed by atoms with van der Waals surface area (Å²) in [5, 5.41) is 8.78. The number of hydrogen-bond donors (Lipinski definition) is 1. The Kier molecular flexibility index (Phi) is 2.39. The lowest BCUT2D eigenvalue weighted by molar-refractivity contribution is 0.0696. The molecule has 17 heavy (non-hydrogen) atoms. The topological polar surface area (TPSA) is 88.5 Å². The van der Waals surface area contributed by atoms with Gasteiger partial charge in [0.25, 0.3) is 0 Å². The lowest BCUT2D eigenvalue weighted by atomic mass is 10.1. The van der Waals surface area contributed by atoms with E-state index in [9.17, 15) is 18.0 Å². The first-order valence-corrected chi connectivity index (χ1v) is 6.21. The Balaban J connectivity index is 2.78. The second kappa shape index (κ2) is 3.53. The van der Waals surface area contributed by atoms with Gasteiger partial charge in [-0.3, -0.25) is 4.79 Å².